The average Bonchev–Trinajstić information content (AvgIpc) is 2.69. The lowest BCUT2D eigenvalue weighted by Gasteiger charge is -2.35. The molecule has 2 aromatic carbocycles. The molecule has 1 fully saturated rings. The molecule has 1 heterocycles. The maximum absolute atomic E-state index is 12.6. The van der Waals surface area contributed by atoms with E-state index in [1.165, 1.54) is 5.56 Å². The predicted molar refractivity (Wildman–Crippen MR) is 103 cm³/mol. The van der Waals surface area contributed by atoms with Gasteiger partial charge in [-0.2, -0.15) is 9.57 Å². The molecule has 6 heteroatoms. The third-order valence-corrected chi connectivity index (χ3v) is 6.64. The van der Waals surface area contributed by atoms with Gasteiger partial charge in [0.1, 0.15) is 0 Å². The van der Waals surface area contributed by atoms with Crippen LogP contribution in [0, 0.1) is 11.3 Å². The molecule has 136 valence electrons. The molecule has 2 aromatic rings. The maximum atomic E-state index is 12.6. The zero-order valence-corrected chi connectivity index (χ0v) is 15.5. The number of aryl methyl sites for hydroxylation is 1. The Hall–Kier alpha value is -2.36. The van der Waals surface area contributed by atoms with E-state index in [0.717, 1.165) is 12.1 Å². The first kappa shape index (κ1) is 18.4. The van der Waals surface area contributed by atoms with Gasteiger partial charge in [-0.3, -0.25) is 0 Å². The smallest absolute Gasteiger partial charge is 0.214 e. The number of hydrogen-bond acceptors (Lipinski definition) is 4. The summed E-state index contributed by atoms with van der Waals surface area (Å²) in [5.74, 6) is 0.186. The number of nitriles is 1. The predicted octanol–water partition coefficient (Wildman–Crippen LogP) is 2.64. The summed E-state index contributed by atoms with van der Waals surface area (Å²) in [5, 5.41) is 9.02. The van der Waals surface area contributed by atoms with E-state index in [1.807, 2.05) is 48.5 Å². The van der Waals surface area contributed by atoms with Gasteiger partial charge in [0, 0.05) is 31.9 Å². The van der Waals surface area contributed by atoms with E-state index in [0.29, 0.717) is 38.2 Å². The van der Waals surface area contributed by atoms with Gasteiger partial charge < -0.3 is 4.90 Å². The zero-order chi connectivity index (χ0) is 18.4. The number of nitrogens with zero attached hydrogens (tertiary/aromatic N) is 3. The number of sulfonamides is 1. The van der Waals surface area contributed by atoms with Gasteiger partial charge >= 0.3 is 0 Å². The number of hydrogen-bond donors (Lipinski definition) is 0. The molecular formula is C20H23N3O2S. The van der Waals surface area contributed by atoms with Crippen LogP contribution in [0.1, 0.15) is 17.5 Å². The fourth-order valence-corrected chi connectivity index (χ4v) is 4.72. The molecule has 5 nitrogen and oxygen atoms in total. The largest absolute Gasteiger partial charge is 0.369 e. The second kappa shape index (κ2) is 8.35. The first-order valence-electron chi connectivity index (χ1n) is 8.85. The molecule has 26 heavy (non-hydrogen) atoms. The van der Waals surface area contributed by atoms with Crippen LogP contribution in [0.2, 0.25) is 0 Å². The van der Waals surface area contributed by atoms with Crippen molar-refractivity contribution >= 4 is 15.7 Å². The van der Waals surface area contributed by atoms with Gasteiger partial charge in [0.05, 0.1) is 17.4 Å². The van der Waals surface area contributed by atoms with Crippen LogP contribution in [-0.4, -0.2) is 44.7 Å². The van der Waals surface area contributed by atoms with Crippen LogP contribution in [0.4, 0.5) is 5.69 Å². The molecule has 1 aliphatic heterocycles. The highest BCUT2D eigenvalue weighted by Gasteiger charge is 2.26. The Morgan fingerprint density at radius 1 is 0.962 bits per heavy atom. The molecule has 0 N–H and O–H groups in total. The van der Waals surface area contributed by atoms with Crippen LogP contribution in [0.15, 0.2) is 54.6 Å². The molecule has 0 atom stereocenters. The van der Waals surface area contributed by atoms with E-state index in [-0.39, 0.29) is 5.75 Å². The highest BCUT2D eigenvalue weighted by molar-refractivity contribution is 7.89. The summed E-state index contributed by atoms with van der Waals surface area (Å²) in [4.78, 5) is 2.14. The van der Waals surface area contributed by atoms with E-state index in [1.54, 1.807) is 10.4 Å². The first-order chi connectivity index (χ1) is 12.6. The normalized spacial score (nSPS) is 15.6. The molecule has 0 bridgehead atoms. The third kappa shape index (κ3) is 4.63. The molecule has 3 rings (SSSR count). The molecule has 0 spiro atoms. The summed E-state index contributed by atoms with van der Waals surface area (Å²) in [6, 6.07) is 19.6. The standard InChI is InChI=1S/C20H23N3O2S/c21-17-19-8-4-10-20(16-19)22-11-13-23(14-12-22)26(24,25)15-5-9-18-6-2-1-3-7-18/h1-4,6-8,10,16H,5,9,11-15H2. The quantitative estimate of drug-likeness (QED) is 0.785. The number of piperazine rings is 1. The van der Waals surface area contributed by atoms with Crippen molar-refractivity contribution in [1.29, 1.82) is 5.26 Å². The lowest BCUT2D eigenvalue weighted by molar-refractivity contribution is 0.384. The van der Waals surface area contributed by atoms with Crippen LogP contribution in [0.3, 0.4) is 0 Å². The van der Waals surface area contributed by atoms with E-state index in [4.69, 9.17) is 5.26 Å². The summed E-state index contributed by atoms with van der Waals surface area (Å²) in [7, 11) is -3.22. The Morgan fingerprint density at radius 3 is 2.38 bits per heavy atom. The minimum atomic E-state index is -3.22. The van der Waals surface area contributed by atoms with Gasteiger partial charge in [0.2, 0.25) is 10.0 Å². The summed E-state index contributed by atoms with van der Waals surface area (Å²) in [6.45, 7) is 2.27. The Morgan fingerprint density at radius 2 is 1.69 bits per heavy atom. The molecule has 0 unspecified atom stereocenters. The molecular weight excluding hydrogens is 346 g/mol. The van der Waals surface area contributed by atoms with Crippen LogP contribution >= 0.6 is 0 Å². The molecule has 0 aromatic heterocycles. The second-order valence-corrected chi connectivity index (χ2v) is 8.54. The van der Waals surface area contributed by atoms with Crippen molar-refractivity contribution in [1.82, 2.24) is 4.31 Å². The van der Waals surface area contributed by atoms with Crippen LogP contribution in [0.25, 0.3) is 0 Å². The zero-order valence-electron chi connectivity index (χ0n) is 14.7. The number of benzene rings is 2. The van der Waals surface area contributed by atoms with E-state index >= 15 is 0 Å². The second-order valence-electron chi connectivity index (χ2n) is 6.45. The van der Waals surface area contributed by atoms with Crippen molar-refractivity contribution in [3.63, 3.8) is 0 Å². The van der Waals surface area contributed by atoms with Gasteiger partial charge in [0.25, 0.3) is 0 Å². The molecule has 0 aliphatic carbocycles. The van der Waals surface area contributed by atoms with Gasteiger partial charge in [-0.1, -0.05) is 36.4 Å². The lowest BCUT2D eigenvalue weighted by atomic mass is 10.1. The highest BCUT2D eigenvalue weighted by Crippen LogP contribution is 2.19. The lowest BCUT2D eigenvalue weighted by Crippen LogP contribution is -2.49. The van der Waals surface area contributed by atoms with Crippen molar-refractivity contribution in [2.45, 2.75) is 12.8 Å². The Bertz CT molecular complexity index is 867. The summed E-state index contributed by atoms with van der Waals surface area (Å²) in [5.41, 5.74) is 2.77. The Kier molecular flexibility index (Phi) is 5.92. The first-order valence-corrected chi connectivity index (χ1v) is 10.5. The van der Waals surface area contributed by atoms with Gasteiger partial charge in [-0.15, -0.1) is 0 Å². The summed E-state index contributed by atoms with van der Waals surface area (Å²) >= 11 is 0. The van der Waals surface area contributed by atoms with E-state index in [2.05, 4.69) is 11.0 Å². The van der Waals surface area contributed by atoms with Crippen LogP contribution in [0.5, 0.6) is 0 Å². The minimum Gasteiger partial charge on any atom is -0.369 e. The van der Waals surface area contributed by atoms with Gasteiger partial charge in [-0.25, -0.2) is 8.42 Å². The third-order valence-electron chi connectivity index (χ3n) is 4.68. The Labute approximate surface area is 155 Å². The monoisotopic (exact) mass is 369 g/mol. The number of rotatable bonds is 6. The highest BCUT2D eigenvalue weighted by atomic mass is 32.2. The molecule has 0 amide bonds. The average molecular weight is 369 g/mol. The Balaban J connectivity index is 1.52. The van der Waals surface area contributed by atoms with Gasteiger partial charge in [-0.05, 0) is 36.6 Å². The van der Waals surface area contributed by atoms with Crippen molar-refractivity contribution in [3.8, 4) is 6.07 Å². The SMILES string of the molecule is N#Cc1cccc(N2CCN(S(=O)(=O)CCCc3ccccc3)CC2)c1. The summed E-state index contributed by atoms with van der Waals surface area (Å²) in [6.07, 6.45) is 1.41. The van der Waals surface area contributed by atoms with Crippen molar-refractivity contribution < 1.29 is 8.42 Å². The van der Waals surface area contributed by atoms with Crippen molar-refractivity contribution in [3.05, 3.63) is 65.7 Å². The fourth-order valence-electron chi connectivity index (χ4n) is 3.23. The van der Waals surface area contributed by atoms with Crippen molar-refractivity contribution in [2.24, 2.45) is 0 Å². The van der Waals surface area contributed by atoms with E-state index < -0.39 is 10.0 Å². The van der Waals surface area contributed by atoms with Crippen molar-refractivity contribution in [2.75, 3.05) is 36.8 Å². The molecule has 0 saturated carbocycles. The van der Waals surface area contributed by atoms with E-state index in [9.17, 15) is 8.42 Å². The van der Waals surface area contributed by atoms with Crippen LogP contribution in [-0.2, 0) is 16.4 Å². The molecule has 1 saturated heterocycles. The van der Waals surface area contributed by atoms with Crippen LogP contribution < -0.4 is 4.90 Å². The topological polar surface area (TPSA) is 64.4 Å². The fraction of sp³-hybridized carbons (Fsp3) is 0.350. The number of anilines is 1. The molecule has 0 radical (unpaired) electrons. The minimum absolute atomic E-state index is 0.186. The summed E-state index contributed by atoms with van der Waals surface area (Å²) < 4.78 is 26.8. The maximum Gasteiger partial charge on any atom is 0.214 e. The molecule has 1 aliphatic rings. The van der Waals surface area contributed by atoms with Gasteiger partial charge in [0.15, 0.2) is 0 Å².